The van der Waals surface area contributed by atoms with Gasteiger partial charge in [0.2, 0.25) is 0 Å². The quantitative estimate of drug-likeness (QED) is 0.378. The molecule has 0 unspecified atom stereocenters. The highest BCUT2D eigenvalue weighted by Crippen LogP contribution is 2.18. The zero-order chi connectivity index (χ0) is 14.1. The summed E-state index contributed by atoms with van der Waals surface area (Å²) in [5, 5.41) is 5.75. The Bertz CT molecular complexity index is 433. The molecule has 1 aromatic rings. The molecule has 0 aromatic heterocycles. The van der Waals surface area contributed by atoms with Gasteiger partial charge in [-0.3, -0.25) is 4.79 Å². The van der Waals surface area contributed by atoms with Crippen LogP contribution in [0.25, 0.3) is 0 Å². The molecule has 0 heterocycles. The maximum atomic E-state index is 11.7. The van der Waals surface area contributed by atoms with E-state index in [0.29, 0.717) is 36.7 Å². The largest absolute Gasteiger partial charge is 0.399 e. The summed E-state index contributed by atoms with van der Waals surface area (Å²) < 4.78 is 5.39. The second-order valence-corrected chi connectivity index (χ2v) is 4.00. The van der Waals surface area contributed by atoms with Gasteiger partial charge in [0, 0.05) is 25.0 Å². The predicted octanol–water partition coefficient (Wildman–Crippen LogP) is 1.63. The Kier molecular flexibility index (Phi) is 6.46. The Hall–Kier alpha value is -2.01. The lowest BCUT2D eigenvalue weighted by atomic mass is 10.1. The molecule has 0 saturated carbocycles. The van der Waals surface area contributed by atoms with E-state index in [9.17, 15) is 4.79 Å². The normalized spacial score (nSPS) is 9.95. The first kappa shape index (κ1) is 15.0. The zero-order valence-electron chi connectivity index (χ0n) is 11.2. The van der Waals surface area contributed by atoms with Crippen LogP contribution in [0.2, 0.25) is 0 Å². The summed E-state index contributed by atoms with van der Waals surface area (Å²) in [7, 11) is 1.60. The number of nitrogen functional groups attached to an aromatic ring is 1. The number of hydrogen-bond acceptors (Lipinski definition) is 4. The molecule has 4 N–H and O–H groups in total. The minimum Gasteiger partial charge on any atom is -0.399 e. The first-order chi connectivity index (χ1) is 9.19. The number of anilines is 2. The van der Waals surface area contributed by atoms with E-state index in [0.717, 1.165) is 6.42 Å². The number of nitrogens with one attached hydrogen (secondary N) is 2. The van der Waals surface area contributed by atoms with Gasteiger partial charge in [-0.15, -0.1) is 6.58 Å². The van der Waals surface area contributed by atoms with Gasteiger partial charge in [0.1, 0.15) is 0 Å². The highest BCUT2D eigenvalue weighted by Gasteiger charge is 2.09. The molecule has 0 radical (unpaired) electrons. The second-order valence-electron chi connectivity index (χ2n) is 4.00. The van der Waals surface area contributed by atoms with Crippen LogP contribution < -0.4 is 16.4 Å². The van der Waals surface area contributed by atoms with Crippen LogP contribution in [0.1, 0.15) is 16.8 Å². The summed E-state index contributed by atoms with van der Waals surface area (Å²) in [5.74, 6) is -0.143. The van der Waals surface area contributed by atoms with Crippen molar-refractivity contribution < 1.29 is 9.53 Å². The van der Waals surface area contributed by atoms with Gasteiger partial charge in [0.05, 0.1) is 18.8 Å². The molecular weight excluding hydrogens is 242 g/mol. The Morgan fingerprint density at radius 1 is 1.47 bits per heavy atom. The van der Waals surface area contributed by atoms with Gasteiger partial charge in [-0.05, 0) is 24.6 Å². The van der Waals surface area contributed by atoms with Crippen molar-refractivity contribution in [2.45, 2.75) is 6.42 Å². The topological polar surface area (TPSA) is 76.4 Å². The maximum Gasteiger partial charge on any atom is 0.253 e. The molecule has 1 rings (SSSR count). The molecule has 5 heteroatoms. The SMILES string of the molecule is C=CCCOCCNc1cc(N)ccc1C(=O)NC. The maximum absolute atomic E-state index is 11.7. The van der Waals surface area contributed by atoms with Crippen molar-refractivity contribution in [1.82, 2.24) is 5.32 Å². The molecule has 0 aliphatic rings. The van der Waals surface area contributed by atoms with Crippen LogP contribution in [0.4, 0.5) is 11.4 Å². The van der Waals surface area contributed by atoms with Crippen molar-refractivity contribution in [3.05, 3.63) is 36.4 Å². The molecular formula is C14H21N3O2. The molecule has 0 bridgehead atoms. The van der Waals surface area contributed by atoms with Gasteiger partial charge in [-0.25, -0.2) is 0 Å². The minimum absolute atomic E-state index is 0.143. The lowest BCUT2D eigenvalue weighted by Gasteiger charge is -2.12. The number of amides is 1. The van der Waals surface area contributed by atoms with Crippen molar-refractivity contribution >= 4 is 17.3 Å². The van der Waals surface area contributed by atoms with Gasteiger partial charge in [0.15, 0.2) is 0 Å². The van der Waals surface area contributed by atoms with Crippen LogP contribution >= 0.6 is 0 Å². The van der Waals surface area contributed by atoms with E-state index < -0.39 is 0 Å². The summed E-state index contributed by atoms with van der Waals surface area (Å²) >= 11 is 0. The van der Waals surface area contributed by atoms with Gasteiger partial charge in [-0.2, -0.15) is 0 Å². The average molecular weight is 263 g/mol. The van der Waals surface area contributed by atoms with E-state index in [1.165, 1.54) is 0 Å². The summed E-state index contributed by atoms with van der Waals surface area (Å²) in [6.45, 7) is 5.46. The fraction of sp³-hybridized carbons (Fsp3) is 0.357. The lowest BCUT2D eigenvalue weighted by molar-refractivity contribution is 0.0963. The summed E-state index contributed by atoms with van der Waals surface area (Å²) in [6, 6.07) is 5.15. The molecule has 0 aliphatic carbocycles. The van der Waals surface area contributed by atoms with E-state index in [1.54, 1.807) is 25.2 Å². The third-order valence-corrected chi connectivity index (χ3v) is 2.54. The molecule has 5 nitrogen and oxygen atoms in total. The molecule has 104 valence electrons. The van der Waals surface area contributed by atoms with E-state index in [-0.39, 0.29) is 5.91 Å². The number of hydrogen-bond donors (Lipinski definition) is 3. The molecule has 19 heavy (non-hydrogen) atoms. The van der Waals surface area contributed by atoms with Crippen LogP contribution in [-0.4, -0.2) is 32.7 Å². The van der Waals surface area contributed by atoms with Gasteiger partial charge in [-0.1, -0.05) is 6.08 Å². The van der Waals surface area contributed by atoms with Crippen LogP contribution in [-0.2, 0) is 4.74 Å². The molecule has 1 amide bonds. The van der Waals surface area contributed by atoms with Crippen molar-refractivity contribution in [2.24, 2.45) is 0 Å². The van der Waals surface area contributed by atoms with Crippen LogP contribution in [0.5, 0.6) is 0 Å². The van der Waals surface area contributed by atoms with E-state index in [2.05, 4.69) is 17.2 Å². The third kappa shape index (κ3) is 5.01. The third-order valence-electron chi connectivity index (χ3n) is 2.54. The Morgan fingerprint density at radius 3 is 2.95 bits per heavy atom. The van der Waals surface area contributed by atoms with Crippen molar-refractivity contribution in [2.75, 3.05) is 37.9 Å². The van der Waals surface area contributed by atoms with Crippen LogP contribution in [0, 0.1) is 0 Å². The first-order valence-electron chi connectivity index (χ1n) is 6.23. The first-order valence-corrected chi connectivity index (χ1v) is 6.23. The lowest BCUT2D eigenvalue weighted by Crippen LogP contribution is -2.20. The molecule has 0 atom stereocenters. The number of nitrogens with two attached hydrogens (primary N) is 1. The molecule has 0 spiro atoms. The fourth-order valence-corrected chi connectivity index (χ4v) is 1.57. The summed E-state index contributed by atoms with van der Waals surface area (Å²) in [4.78, 5) is 11.7. The number of benzene rings is 1. The van der Waals surface area contributed by atoms with Crippen LogP contribution in [0.3, 0.4) is 0 Å². The smallest absolute Gasteiger partial charge is 0.253 e. The minimum atomic E-state index is -0.143. The highest BCUT2D eigenvalue weighted by molar-refractivity contribution is 6.00. The number of rotatable bonds is 8. The van der Waals surface area contributed by atoms with Crippen molar-refractivity contribution in [3.8, 4) is 0 Å². The second kappa shape index (κ2) is 8.16. The predicted molar refractivity (Wildman–Crippen MR) is 78.4 cm³/mol. The fourth-order valence-electron chi connectivity index (χ4n) is 1.57. The number of ether oxygens (including phenoxy) is 1. The molecule has 0 fully saturated rings. The highest BCUT2D eigenvalue weighted by atomic mass is 16.5. The zero-order valence-corrected chi connectivity index (χ0v) is 11.2. The number of carbonyl (C=O) groups excluding carboxylic acids is 1. The Labute approximate surface area is 113 Å². The molecule has 0 saturated heterocycles. The summed E-state index contributed by atoms with van der Waals surface area (Å²) in [5.41, 5.74) is 7.63. The monoisotopic (exact) mass is 263 g/mol. The van der Waals surface area contributed by atoms with Crippen molar-refractivity contribution in [3.63, 3.8) is 0 Å². The van der Waals surface area contributed by atoms with Gasteiger partial charge < -0.3 is 21.1 Å². The van der Waals surface area contributed by atoms with E-state index >= 15 is 0 Å². The Morgan fingerprint density at radius 2 is 2.26 bits per heavy atom. The van der Waals surface area contributed by atoms with Crippen LogP contribution in [0.15, 0.2) is 30.9 Å². The summed E-state index contributed by atoms with van der Waals surface area (Å²) in [6.07, 6.45) is 2.65. The number of carbonyl (C=O) groups is 1. The van der Waals surface area contributed by atoms with E-state index in [4.69, 9.17) is 10.5 Å². The molecule has 1 aromatic carbocycles. The van der Waals surface area contributed by atoms with Crippen molar-refractivity contribution in [1.29, 1.82) is 0 Å². The Balaban J connectivity index is 2.53. The molecule has 0 aliphatic heterocycles. The van der Waals surface area contributed by atoms with Gasteiger partial charge in [0.25, 0.3) is 5.91 Å². The standard InChI is InChI=1S/C14H21N3O2/c1-3-4-8-19-9-7-17-13-10-11(15)5-6-12(13)14(18)16-2/h3,5-6,10,17H,1,4,7-9,15H2,2H3,(H,16,18). The average Bonchev–Trinajstić information content (AvgIpc) is 2.42. The van der Waals surface area contributed by atoms with E-state index in [1.807, 2.05) is 6.08 Å². The van der Waals surface area contributed by atoms with Gasteiger partial charge >= 0.3 is 0 Å².